The summed E-state index contributed by atoms with van der Waals surface area (Å²) in [6, 6.07) is 9.95. The van der Waals surface area contributed by atoms with Crippen molar-refractivity contribution in [2.24, 2.45) is 4.99 Å². The molecule has 0 amide bonds. The zero-order valence-corrected chi connectivity index (χ0v) is 14.8. The lowest BCUT2D eigenvalue weighted by atomic mass is 10.2. The molecule has 1 aromatic carbocycles. The Morgan fingerprint density at radius 1 is 1.24 bits per heavy atom. The molecule has 0 unspecified atom stereocenters. The van der Waals surface area contributed by atoms with E-state index in [1.165, 1.54) is 4.88 Å². The second kappa shape index (κ2) is 9.00. The van der Waals surface area contributed by atoms with Crippen molar-refractivity contribution in [3.05, 3.63) is 40.6 Å². The summed E-state index contributed by atoms with van der Waals surface area (Å²) in [5.74, 6) is 4.75. The maximum Gasteiger partial charge on any atom is 0.196 e. The van der Waals surface area contributed by atoms with Crippen LogP contribution < -0.4 is 20.1 Å². The number of ether oxygens (including phenoxy) is 2. The van der Waals surface area contributed by atoms with Crippen LogP contribution in [0.2, 0.25) is 0 Å². The lowest BCUT2D eigenvalue weighted by Crippen LogP contribution is -2.31. The molecule has 0 aliphatic carbocycles. The van der Waals surface area contributed by atoms with Gasteiger partial charge < -0.3 is 20.1 Å². The van der Waals surface area contributed by atoms with Gasteiger partial charge in [-0.15, -0.1) is 17.8 Å². The zero-order chi connectivity index (χ0) is 17.3. The number of aliphatic imine (C=N–C) groups is 1. The second-order valence-electron chi connectivity index (χ2n) is 5.45. The van der Waals surface area contributed by atoms with E-state index in [0.717, 1.165) is 30.0 Å². The van der Waals surface area contributed by atoms with Crippen LogP contribution in [0.15, 0.2) is 40.7 Å². The lowest BCUT2D eigenvalue weighted by Gasteiger charge is -2.13. The number of hydrogen-bond acceptors (Lipinski definition) is 4. The van der Waals surface area contributed by atoms with E-state index in [4.69, 9.17) is 15.9 Å². The van der Waals surface area contributed by atoms with Crippen LogP contribution in [0.3, 0.4) is 0 Å². The molecule has 6 heteroatoms. The molecular formula is C19H21N3O2S. The van der Waals surface area contributed by atoms with Gasteiger partial charge in [0.05, 0.1) is 19.8 Å². The van der Waals surface area contributed by atoms with Crippen LogP contribution in [-0.2, 0) is 6.42 Å². The van der Waals surface area contributed by atoms with Crippen LogP contribution in [0.1, 0.15) is 11.3 Å². The summed E-state index contributed by atoms with van der Waals surface area (Å²) in [5, 5.41) is 8.48. The van der Waals surface area contributed by atoms with Crippen LogP contribution in [0.4, 0.5) is 5.69 Å². The van der Waals surface area contributed by atoms with Crippen molar-refractivity contribution >= 4 is 23.0 Å². The highest BCUT2D eigenvalue weighted by molar-refractivity contribution is 7.09. The van der Waals surface area contributed by atoms with E-state index < -0.39 is 0 Å². The predicted molar refractivity (Wildman–Crippen MR) is 103 cm³/mol. The summed E-state index contributed by atoms with van der Waals surface area (Å²) in [5.41, 5.74) is 0.878. The van der Waals surface area contributed by atoms with E-state index in [1.54, 1.807) is 11.3 Å². The summed E-state index contributed by atoms with van der Waals surface area (Å²) < 4.78 is 11.4. The topological polar surface area (TPSA) is 54.9 Å². The van der Waals surface area contributed by atoms with Gasteiger partial charge in [-0.25, -0.2) is 0 Å². The molecule has 1 aromatic heterocycles. The maximum atomic E-state index is 5.73. The molecule has 0 saturated heterocycles. The van der Waals surface area contributed by atoms with Gasteiger partial charge in [-0.1, -0.05) is 12.0 Å². The first kappa shape index (κ1) is 17.2. The van der Waals surface area contributed by atoms with E-state index in [9.17, 15) is 0 Å². The maximum absolute atomic E-state index is 5.73. The zero-order valence-electron chi connectivity index (χ0n) is 14.0. The molecular weight excluding hydrogens is 334 g/mol. The Kier molecular flexibility index (Phi) is 6.18. The molecule has 0 radical (unpaired) electrons. The number of fused-ring (bicyclic) bond motifs is 1. The molecule has 0 saturated carbocycles. The van der Waals surface area contributed by atoms with E-state index in [2.05, 4.69) is 39.1 Å². The molecule has 2 heterocycles. The highest BCUT2D eigenvalue weighted by Crippen LogP contribution is 2.32. The number of guanidine groups is 1. The molecule has 5 nitrogen and oxygen atoms in total. The molecule has 0 bridgehead atoms. The fourth-order valence-corrected chi connectivity index (χ4v) is 3.08. The number of nitrogens with one attached hydrogen (secondary N) is 2. The molecule has 130 valence electrons. The summed E-state index contributed by atoms with van der Waals surface area (Å²) in [6.07, 6.45) is 7.14. The molecule has 25 heavy (non-hydrogen) atoms. The van der Waals surface area contributed by atoms with Crippen LogP contribution in [0, 0.1) is 12.3 Å². The number of benzene rings is 1. The third-order valence-electron chi connectivity index (χ3n) is 3.58. The Morgan fingerprint density at radius 2 is 2.12 bits per heavy atom. The smallest absolute Gasteiger partial charge is 0.196 e. The normalized spacial score (nSPS) is 13.6. The average molecular weight is 355 g/mol. The highest BCUT2D eigenvalue weighted by atomic mass is 32.1. The van der Waals surface area contributed by atoms with Gasteiger partial charge in [0, 0.05) is 36.0 Å². The summed E-state index contributed by atoms with van der Waals surface area (Å²) in [7, 11) is 0. The standard InChI is InChI=1S/C19H21N3O2S/c1-2-9-20-19(21-10-8-16-5-3-13-25-16)22-15-6-7-17-18(14-15)24-12-4-11-23-17/h1,3,5-7,13-14H,4,8-12H2,(H2,20,21,22). The Hall–Kier alpha value is -2.65. The van der Waals surface area contributed by atoms with Crippen LogP contribution in [-0.4, -0.2) is 32.3 Å². The minimum absolute atomic E-state index is 0.412. The molecule has 3 rings (SSSR count). The van der Waals surface area contributed by atoms with E-state index in [-0.39, 0.29) is 0 Å². The van der Waals surface area contributed by atoms with Crippen molar-refractivity contribution < 1.29 is 9.47 Å². The van der Waals surface area contributed by atoms with Gasteiger partial charge in [0.25, 0.3) is 0 Å². The van der Waals surface area contributed by atoms with Crippen molar-refractivity contribution in [3.63, 3.8) is 0 Å². The summed E-state index contributed by atoms with van der Waals surface area (Å²) in [6.45, 7) is 2.44. The van der Waals surface area contributed by atoms with Gasteiger partial charge in [0.1, 0.15) is 0 Å². The van der Waals surface area contributed by atoms with Crippen LogP contribution in [0.25, 0.3) is 0 Å². The highest BCUT2D eigenvalue weighted by Gasteiger charge is 2.11. The number of anilines is 1. The average Bonchev–Trinajstić information content (AvgIpc) is 3.03. The first-order chi connectivity index (χ1) is 12.3. The van der Waals surface area contributed by atoms with Gasteiger partial charge in [-0.3, -0.25) is 4.99 Å². The van der Waals surface area contributed by atoms with Crippen LogP contribution >= 0.6 is 11.3 Å². The fourth-order valence-electron chi connectivity index (χ4n) is 2.38. The first-order valence-corrected chi connectivity index (χ1v) is 9.14. The molecule has 1 aliphatic rings. The summed E-state index contributed by atoms with van der Waals surface area (Å²) in [4.78, 5) is 5.91. The van der Waals surface area contributed by atoms with Gasteiger partial charge in [-0.2, -0.15) is 0 Å². The molecule has 0 atom stereocenters. The van der Waals surface area contributed by atoms with E-state index >= 15 is 0 Å². The number of nitrogens with zero attached hydrogens (tertiary/aromatic N) is 1. The third kappa shape index (κ3) is 5.16. The van der Waals surface area contributed by atoms with E-state index in [0.29, 0.717) is 32.3 Å². The summed E-state index contributed by atoms with van der Waals surface area (Å²) >= 11 is 1.74. The monoisotopic (exact) mass is 355 g/mol. The lowest BCUT2D eigenvalue weighted by molar-refractivity contribution is 0.297. The van der Waals surface area contributed by atoms with Gasteiger partial charge in [0.15, 0.2) is 17.5 Å². The molecule has 2 aromatic rings. The quantitative estimate of drug-likeness (QED) is 0.491. The molecule has 0 spiro atoms. The van der Waals surface area contributed by atoms with Gasteiger partial charge in [-0.05, 0) is 23.6 Å². The van der Waals surface area contributed by atoms with Crippen LogP contribution in [0.5, 0.6) is 11.5 Å². The third-order valence-corrected chi connectivity index (χ3v) is 4.51. The molecule has 2 N–H and O–H groups in total. The SMILES string of the molecule is C#CCNC(=NCCc1cccs1)Nc1ccc2c(c1)OCCCO2. The Bertz CT molecular complexity index is 751. The number of terminal acetylenes is 1. The van der Waals surface area contributed by atoms with Crippen molar-refractivity contribution in [1.29, 1.82) is 0 Å². The van der Waals surface area contributed by atoms with Crippen molar-refractivity contribution in [2.45, 2.75) is 12.8 Å². The van der Waals surface area contributed by atoms with Gasteiger partial charge >= 0.3 is 0 Å². The molecule has 1 aliphatic heterocycles. The largest absolute Gasteiger partial charge is 0.490 e. The van der Waals surface area contributed by atoms with Gasteiger partial charge in [0.2, 0.25) is 0 Å². The minimum Gasteiger partial charge on any atom is -0.490 e. The first-order valence-electron chi connectivity index (χ1n) is 8.26. The number of rotatable bonds is 5. The Labute approximate surface area is 152 Å². The predicted octanol–water partition coefficient (Wildman–Crippen LogP) is 3.14. The molecule has 0 fully saturated rings. The second-order valence-corrected chi connectivity index (χ2v) is 6.49. The Morgan fingerprint density at radius 3 is 2.92 bits per heavy atom. The minimum atomic E-state index is 0.412. The van der Waals surface area contributed by atoms with Crippen molar-refractivity contribution in [2.75, 3.05) is 31.6 Å². The Balaban J connectivity index is 1.66. The van der Waals surface area contributed by atoms with Crippen molar-refractivity contribution in [3.8, 4) is 23.8 Å². The number of hydrogen-bond donors (Lipinski definition) is 2. The number of thiophene rings is 1. The van der Waals surface area contributed by atoms with Crippen molar-refractivity contribution in [1.82, 2.24) is 5.32 Å². The fraction of sp³-hybridized carbons (Fsp3) is 0.316. The van der Waals surface area contributed by atoms with E-state index in [1.807, 2.05) is 18.2 Å².